The Kier molecular flexibility index (Phi) is 6.12. The third-order valence-electron chi connectivity index (χ3n) is 5.11. The fraction of sp³-hybridized carbons (Fsp3) is 0.250. The van der Waals surface area contributed by atoms with Crippen molar-refractivity contribution in [3.05, 3.63) is 88.7 Å². The van der Waals surface area contributed by atoms with Gasteiger partial charge in [0.2, 0.25) is 0 Å². The van der Waals surface area contributed by atoms with E-state index in [-0.39, 0.29) is 29.5 Å². The Hall–Kier alpha value is -3.39. The number of aromatic nitrogens is 1. The monoisotopic (exact) mass is 473 g/mol. The highest BCUT2D eigenvalue weighted by Gasteiger charge is 2.49. The molecular weight excluding hydrogens is 452 g/mol. The van der Waals surface area contributed by atoms with Gasteiger partial charge in [0, 0.05) is 24.2 Å². The molecule has 0 bridgehead atoms. The average molecular weight is 474 g/mol. The number of nitrogens with zero attached hydrogens (tertiary/aromatic N) is 1. The number of carbonyl (C=O) groups is 1. The van der Waals surface area contributed by atoms with Gasteiger partial charge < -0.3 is 20.1 Å². The van der Waals surface area contributed by atoms with Crippen LogP contribution in [0.25, 0.3) is 0 Å². The first-order valence-corrected chi connectivity index (χ1v) is 10.7. The predicted octanol–water partition coefficient (Wildman–Crippen LogP) is 5.25. The molecule has 33 heavy (non-hydrogen) atoms. The number of rotatable bonds is 6. The molecule has 0 radical (unpaired) electrons. The summed E-state index contributed by atoms with van der Waals surface area (Å²) in [6.07, 6.45) is -2.20. The number of para-hydroxylation sites is 1. The Morgan fingerprint density at radius 3 is 2.52 bits per heavy atom. The minimum atomic E-state index is -3.83. The molecule has 0 saturated heterocycles. The number of fused-ring (bicyclic) bond motifs is 1. The number of carbonyl (C=O) groups excluding carboxylic acids is 1. The number of halogens is 3. The van der Waals surface area contributed by atoms with E-state index in [0.717, 1.165) is 5.56 Å². The number of alkyl halides is 2. The lowest BCUT2D eigenvalue weighted by atomic mass is 9.80. The van der Waals surface area contributed by atoms with Crippen LogP contribution >= 0.6 is 11.6 Å². The van der Waals surface area contributed by atoms with Gasteiger partial charge in [0.05, 0.1) is 10.7 Å². The van der Waals surface area contributed by atoms with Gasteiger partial charge in [-0.15, -0.1) is 8.78 Å². The van der Waals surface area contributed by atoms with Gasteiger partial charge in [-0.1, -0.05) is 54.1 Å². The molecule has 2 N–H and O–H groups in total. The van der Waals surface area contributed by atoms with Gasteiger partial charge in [0.1, 0.15) is 5.54 Å². The zero-order valence-corrected chi connectivity index (χ0v) is 18.7. The van der Waals surface area contributed by atoms with Crippen molar-refractivity contribution >= 4 is 17.6 Å². The van der Waals surface area contributed by atoms with Crippen molar-refractivity contribution in [1.29, 1.82) is 0 Å². The van der Waals surface area contributed by atoms with Gasteiger partial charge in [0.25, 0.3) is 0 Å². The van der Waals surface area contributed by atoms with Crippen molar-refractivity contribution in [3.63, 3.8) is 0 Å². The molecule has 3 aromatic rings. The quantitative estimate of drug-likeness (QED) is 0.513. The third kappa shape index (κ3) is 4.85. The maximum Gasteiger partial charge on any atom is 0.586 e. The van der Waals surface area contributed by atoms with E-state index in [4.69, 9.17) is 16.3 Å². The average Bonchev–Trinajstić information content (AvgIpc) is 3.07. The second-order valence-corrected chi connectivity index (χ2v) is 8.42. The van der Waals surface area contributed by atoms with E-state index in [9.17, 15) is 13.6 Å². The number of benzene rings is 2. The molecule has 0 fully saturated rings. The molecule has 2 heterocycles. The van der Waals surface area contributed by atoms with Gasteiger partial charge in [0.15, 0.2) is 11.5 Å². The van der Waals surface area contributed by atoms with Crippen LogP contribution in [0.3, 0.4) is 0 Å². The lowest BCUT2D eigenvalue weighted by Crippen LogP contribution is -2.53. The van der Waals surface area contributed by atoms with Crippen molar-refractivity contribution < 1.29 is 23.0 Å². The van der Waals surface area contributed by atoms with Crippen LogP contribution in [0.2, 0.25) is 5.02 Å². The molecule has 0 aliphatic carbocycles. The number of hydrogen-bond acceptors (Lipinski definition) is 4. The van der Waals surface area contributed by atoms with Gasteiger partial charge in [-0.05, 0) is 37.6 Å². The molecule has 6 nitrogen and oxygen atoms in total. The summed E-state index contributed by atoms with van der Waals surface area (Å²) in [5, 5.41) is 6.17. The van der Waals surface area contributed by atoms with Crippen molar-refractivity contribution in [2.45, 2.75) is 38.1 Å². The molecule has 1 aliphatic rings. The van der Waals surface area contributed by atoms with Crippen LogP contribution in [-0.4, -0.2) is 23.4 Å². The zero-order valence-electron chi connectivity index (χ0n) is 17.9. The molecule has 0 saturated carbocycles. The Bertz CT molecular complexity index is 1140. The zero-order chi connectivity index (χ0) is 23.6. The Labute approximate surface area is 194 Å². The highest BCUT2D eigenvalue weighted by atomic mass is 35.5. The molecule has 0 spiro atoms. The van der Waals surface area contributed by atoms with E-state index in [1.807, 2.05) is 44.2 Å². The molecule has 1 aromatic heterocycles. The molecule has 2 aromatic carbocycles. The molecule has 172 valence electrons. The fourth-order valence-corrected chi connectivity index (χ4v) is 3.94. The highest BCUT2D eigenvalue weighted by Crippen LogP contribution is 2.48. The van der Waals surface area contributed by atoms with Crippen molar-refractivity contribution in [1.82, 2.24) is 15.6 Å². The number of ether oxygens (including phenoxy) is 2. The summed E-state index contributed by atoms with van der Waals surface area (Å²) >= 11 is 6.07. The smallest absolute Gasteiger partial charge is 0.395 e. The number of nitrogens with one attached hydrogen (secondary N) is 2. The Morgan fingerprint density at radius 2 is 1.85 bits per heavy atom. The molecule has 1 atom stereocenters. The molecule has 0 unspecified atom stereocenters. The topological polar surface area (TPSA) is 72.5 Å². The van der Waals surface area contributed by atoms with Crippen LogP contribution < -0.4 is 20.1 Å². The third-order valence-corrected chi connectivity index (χ3v) is 5.34. The van der Waals surface area contributed by atoms with Crippen molar-refractivity contribution in [3.8, 4) is 11.5 Å². The first-order valence-electron chi connectivity index (χ1n) is 10.3. The van der Waals surface area contributed by atoms with Gasteiger partial charge in [-0.25, -0.2) is 4.79 Å². The van der Waals surface area contributed by atoms with Crippen LogP contribution in [0.5, 0.6) is 11.5 Å². The number of pyridine rings is 1. The summed E-state index contributed by atoms with van der Waals surface area (Å²) in [5.74, 6) is -0.296. The lowest BCUT2D eigenvalue weighted by molar-refractivity contribution is -0.287. The van der Waals surface area contributed by atoms with Crippen molar-refractivity contribution in [2.75, 3.05) is 0 Å². The number of urea groups is 1. The van der Waals surface area contributed by atoms with Gasteiger partial charge in [-0.2, -0.15) is 0 Å². The summed E-state index contributed by atoms with van der Waals surface area (Å²) in [6.45, 7) is 3.63. The minimum absolute atomic E-state index is 0.130. The summed E-state index contributed by atoms with van der Waals surface area (Å²) in [4.78, 5) is 17.5. The predicted molar refractivity (Wildman–Crippen MR) is 120 cm³/mol. The van der Waals surface area contributed by atoms with Crippen LogP contribution in [0.15, 0.2) is 66.9 Å². The summed E-state index contributed by atoms with van der Waals surface area (Å²) < 4.78 is 37.7. The highest BCUT2D eigenvalue weighted by molar-refractivity contribution is 6.30. The van der Waals surface area contributed by atoms with Crippen LogP contribution in [-0.2, 0) is 12.0 Å². The summed E-state index contributed by atoms with van der Waals surface area (Å²) in [7, 11) is 0. The summed E-state index contributed by atoms with van der Waals surface area (Å²) in [5.41, 5.74) is 0.110. The van der Waals surface area contributed by atoms with Gasteiger partial charge >= 0.3 is 12.3 Å². The summed E-state index contributed by atoms with van der Waals surface area (Å²) in [6, 6.07) is 16.5. The molecule has 1 aliphatic heterocycles. The number of amides is 2. The van der Waals surface area contributed by atoms with Crippen LogP contribution in [0.4, 0.5) is 13.6 Å². The second kappa shape index (κ2) is 8.86. The van der Waals surface area contributed by atoms with Gasteiger partial charge in [-0.3, -0.25) is 4.98 Å². The lowest BCUT2D eigenvalue weighted by Gasteiger charge is -2.36. The SMILES string of the molecule is CC(C)NC(=O)N[C@](Cc1ccccc1)(c1ccc(Cl)cn1)c1cccc2c1OC(F)(F)O2. The van der Waals surface area contributed by atoms with E-state index in [1.165, 1.54) is 12.3 Å². The maximum absolute atomic E-state index is 14.0. The molecule has 9 heteroatoms. The van der Waals surface area contributed by atoms with Crippen molar-refractivity contribution in [2.24, 2.45) is 0 Å². The van der Waals surface area contributed by atoms with E-state index < -0.39 is 17.9 Å². The minimum Gasteiger partial charge on any atom is -0.395 e. The van der Waals surface area contributed by atoms with E-state index in [1.54, 1.807) is 24.3 Å². The number of hydrogen-bond donors (Lipinski definition) is 2. The molecule has 2 amide bonds. The largest absolute Gasteiger partial charge is 0.586 e. The Morgan fingerprint density at radius 1 is 1.09 bits per heavy atom. The van der Waals surface area contributed by atoms with E-state index in [0.29, 0.717) is 10.7 Å². The van der Waals surface area contributed by atoms with Crippen LogP contribution in [0.1, 0.15) is 30.7 Å². The van der Waals surface area contributed by atoms with E-state index in [2.05, 4.69) is 20.4 Å². The fourth-order valence-electron chi connectivity index (χ4n) is 3.83. The van der Waals surface area contributed by atoms with Crippen LogP contribution in [0, 0.1) is 0 Å². The standard InChI is InChI=1S/C24H22ClF2N3O3/c1-15(2)29-22(31)30-23(13-16-7-4-3-5-8-16,20-12-11-17(25)14-28-20)18-9-6-10-19-21(18)33-24(26,27)32-19/h3-12,14-15H,13H2,1-2H3,(H2,29,30,31)/t23-/m0/s1. The second-order valence-electron chi connectivity index (χ2n) is 7.98. The van der Waals surface area contributed by atoms with E-state index >= 15 is 0 Å². The Balaban J connectivity index is 1.95. The normalized spacial score (nSPS) is 15.7. The first kappa shape index (κ1) is 22.8. The first-order chi connectivity index (χ1) is 15.7. The molecule has 4 rings (SSSR count). The maximum atomic E-state index is 14.0. The molecular formula is C24H22ClF2N3O3.